The highest BCUT2D eigenvalue weighted by Crippen LogP contribution is 2.24. The van der Waals surface area contributed by atoms with Crippen molar-refractivity contribution in [3.8, 4) is 0 Å². The van der Waals surface area contributed by atoms with Crippen LogP contribution in [0.2, 0.25) is 0 Å². The van der Waals surface area contributed by atoms with Crippen LogP contribution in [0.5, 0.6) is 0 Å². The zero-order chi connectivity index (χ0) is 18.9. The van der Waals surface area contributed by atoms with E-state index in [0.717, 1.165) is 17.1 Å². The van der Waals surface area contributed by atoms with Gasteiger partial charge in [0.1, 0.15) is 11.6 Å². The summed E-state index contributed by atoms with van der Waals surface area (Å²) in [6, 6.07) is 3.48. The zero-order valence-electron chi connectivity index (χ0n) is 16.0. The average molecular weight is 361 g/mol. The Morgan fingerprint density at radius 1 is 1.35 bits per heavy atom. The predicted molar refractivity (Wildman–Crippen MR) is 97.1 cm³/mol. The van der Waals surface area contributed by atoms with Gasteiger partial charge in [0.25, 0.3) is 0 Å². The van der Waals surface area contributed by atoms with E-state index in [1.165, 1.54) is 0 Å². The lowest BCUT2D eigenvalue weighted by Crippen LogP contribution is -2.43. The predicted octanol–water partition coefficient (Wildman–Crippen LogP) is 2.39. The van der Waals surface area contributed by atoms with Gasteiger partial charge in [-0.2, -0.15) is 5.10 Å². The Morgan fingerprint density at radius 3 is 2.73 bits per heavy atom. The van der Waals surface area contributed by atoms with Gasteiger partial charge in [-0.05, 0) is 6.92 Å². The molecule has 1 aliphatic rings. The van der Waals surface area contributed by atoms with Crippen molar-refractivity contribution in [3.05, 3.63) is 29.3 Å². The molecule has 0 radical (unpaired) electrons. The van der Waals surface area contributed by atoms with Crippen molar-refractivity contribution in [2.75, 3.05) is 18.5 Å². The number of carbonyl (C=O) groups is 1. The van der Waals surface area contributed by atoms with E-state index in [-0.39, 0.29) is 23.4 Å². The van der Waals surface area contributed by atoms with Crippen LogP contribution < -0.4 is 10.6 Å². The molecule has 0 saturated carbocycles. The minimum atomic E-state index is -0.261. The number of carbonyl (C=O) groups excluding carboxylic acids is 1. The number of aromatic nitrogens is 3. The normalized spacial score (nSPS) is 20.3. The number of anilines is 1. The number of aryl methyl sites for hydroxylation is 2. The molecule has 8 heteroatoms. The molecule has 0 aliphatic carbocycles. The molecule has 2 aromatic heterocycles. The highest BCUT2D eigenvalue weighted by molar-refractivity contribution is 5.88. The van der Waals surface area contributed by atoms with Crippen molar-refractivity contribution >= 4 is 11.8 Å². The first kappa shape index (κ1) is 18.4. The van der Waals surface area contributed by atoms with E-state index in [9.17, 15) is 4.79 Å². The molecule has 3 rings (SSSR count). The van der Waals surface area contributed by atoms with Crippen LogP contribution in [0.3, 0.4) is 0 Å². The van der Waals surface area contributed by atoms with Gasteiger partial charge < -0.3 is 14.6 Å². The highest BCUT2D eigenvalue weighted by atomic mass is 16.5. The minimum absolute atomic E-state index is 0.0734. The number of nitrogens with one attached hydrogen (secondary N) is 2. The summed E-state index contributed by atoms with van der Waals surface area (Å²) in [6.45, 7) is 9.23. The molecule has 1 aliphatic heterocycles. The fraction of sp³-hybridized carbons (Fsp3) is 0.611. The van der Waals surface area contributed by atoms with Gasteiger partial charge in [-0.3, -0.25) is 10.00 Å². The van der Waals surface area contributed by atoms with Crippen molar-refractivity contribution in [1.29, 1.82) is 0 Å². The summed E-state index contributed by atoms with van der Waals surface area (Å²) in [5.41, 5.74) is 1.71. The molecule has 1 saturated heterocycles. The quantitative estimate of drug-likeness (QED) is 0.872. The lowest BCUT2D eigenvalue weighted by Gasteiger charge is -2.18. The van der Waals surface area contributed by atoms with Gasteiger partial charge in [-0.15, -0.1) is 0 Å². The maximum Gasteiger partial charge on any atom is 0.320 e. The third-order valence-corrected chi connectivity index (χ3v) is 4.54. The average Bonchev–Trinajstić information content (AvgIpc) is 3.23. The summed E-state index contributed by atoms with van der Waals surface area (Å²) < 4.78 is 12.5. The molecule has 0 spiro atoms. The first-order chi connectivity index (χ1) is 12.2. The summed E-state index contributed by atoms with van der Waals surface area (Å²) in [6.07, 6.45) is 0.686. The number of rotatable bonds is 4. The van der Waals surface area contributed by atoms with E-state index in [1.807, 2.05) is 26.1 Å². The van der Waals surface area contributed by atoms with Crippen LogP contribution in [0.1, 0.15) is 37.9 Å². The number of ether oxygens (including phenoxy) is 1. The highest BCUT2D eigenvalue weighted by Gasteiger charge is 2.31. The van der Waals surface area contributed by atoms with Gasteiger partial charge in [0.05, 0.1) is 30.6 Å². The SMILES string of the molecule is Cc1cc(C[C@@H]2COC[C@@H]2NC(=O)Nc2cc(C(C)(C)C)nn2C)on1. The monoisotopic (exact) mass is 361 g/mol. The Balaban J connectivity index is 1.59. The van der Waals surface area contributed by atoms with Crippen LogP contribution in [0, 0.1) is 12.8 Å². The van der Waals surface area contributed by atoms with E-state index < -0.39 is 0 Å². The van der Waals surface area contributed by atoms with Gasteiger partial charge in [0.15, 0.2) is 0 Å². The summed E-state index contributed by atoms with van der Waals surface area (Å²) in [4.78, 5) is 12.4. The van der Waals surface area contributed by atoms with E-state index >= 15 is 0 Å². The Labute approximate surface area is 153 Å². The Morgan fingerprint density at radius 2 is 2.12 bits per heavy atom. The molecular formula is C18H27N5O3. The van der Waals surface area contributed by atoms with Crippen molar-refractivity contribution in [3.63, 3.8) is 0 Å². The van der Waals surface area contributed by atoms with Crippen LogP contribution in [0.15, 0.2) is 16.7 Å². The molecule has 2 atom stereocenters. The van der Waals surface area contributed by atoms with Gasteiger partial charge in [0, 0.05) is 36.9 Å². The largest absolute Gasteiger partial charge is 0.379 e. The molecule has 3 heterocycles. The van der Waals surface area contributed by atoms with E-state index in [0.29, 0.717) is 25.5 Å². The summed E-state index contributed by atoms with van der Waals surface area (Å²) in [5.74, 6) is 1.63. The second-order valence-electron chi connectivity index (χ2n) is 7.93. The smallest absolute Gasteiger partial charge is 0.320 e. The topological polar surface area (TPSA) is 94.2 Å². The maximum absolute atomic E-state index is 12.4. The van der Waals surface area contributed by atoms with Gasteiger partial charge >= 0.3 is 6.03 Å². The third-order valence-electron chi connectivity index (χ3n) is 4.54. The number of nitrogens with zero attached hydrogens (tertiary/aromatic N) is 3. The number of amides is 2. The minimum Gasteiger partial charge on any atom is -0.379 e. The van der Waals surface area contributed by atoms with Crippen molar-refractivity contribution < 1.29 is 14.1 Å². The molecule has 0 unspecified atom stereocenters. The summed E-state index contributed by atoms with van der Waals surface area (Å²) >= 11 is 0. The number of urea groups is 1. The van der Waals surface area contributed by atoms with Gasteiger partial charge in [0.2, 0.25) is 0 Å². The van der Waals surface area contributed by atoms with Crippen LogP contribution in [0.4, 0.5) is 10.6 Å². The van der Waals surface area contributed by atoms with E-state index in [4.69, 9.17) is 9.26 Å². The molecular weight excluding hydrogens is 334 g/mol. The standard InChI is InChI=1S/C18H27N5O3/c1-11-6-13(26-22-11)7-12-9-25-10-14(12)19-17(24)20-16-8-15(18(2,3)4)21-23(16)5/h6,8,12,14H,7,9-10H2,1-5H3,(H2,19,20,24)/t12-,14+/m1/s1. The summed E-state index contributed by atoms with van der Waals surface area (Å²) in [5, 5.41) is 14.3. The van der Waals surface area contributed by atoms with Crippen LogP contribution in [-0.4, -0.2) is 40.2 Å². The first-order valence-corrected chi connectivity index (χ1v) is 8.84. The fourth-order valence-corrected chi connectivity index (χ4v) is 3.00. The Hall–Kier alpha value is -2.35. The van der Waals surface area contributed by atoms with Crippen molar-refractivity contribution in [2.24, 2.45) is 13.0 Å². The van der Waals surface area contributed by atoms with E-state index in [1.54, 1.807) is 4.68 Å². The first-order valence-electron chi connectivity index (χ1n) is 8.84. The fourth-order valence-electron chi connectivity index (χ4n) is 3.00. The summed E-state index contributed by atoms with van der Waals surface area (Å²) in [7, 11) is 1.82. The number of hydrogen-bond acceptors (Lipinski definition) is 5. The molecule has 0 bridgehead atoms. The molecule has 26 heavy (non-hydrogen) atoms. The lowest BCUT2D eigenvalue weighted by molar-refractivity contribution is 0.181. The van der Waals surface area contributed by atoms with Crippen LogP contribution >= 0.6 is 0 Å². The number of hydrogen-bond donors (Lipinski definition) is 2. The Kier molecular flexibility index (Phi) is 5.04. The third kappa shape index (κ3) is 4.24. The van der Waals surface area contributed by atoms with Gasteiger partial charge in [-0.1, -0.05) is 25.9 Å². The lowest BCUT2D eigenvalue weighted by atomic mass is 9.92. The molecule has 1 fully saturated rings. The van der Waals surface area contributed by atoms with Crippen LogP contribution in [-0.2, 0) is 23.6 Å². The van der Waals surface area contributed by atoms with Crippen molar-refractivity contribution in [1.82, 2.24) is 20.3 Å². The molecule has 142 valence electrons. The second kappa shape index (κ2) is 7.11. The van der Waals surface area contributed by atoms with E-state index in [2.05, 4.69) is 41.7 Å². The van der Waals surface area contributed by atoms with Crippen LogP contribution in [0.25, 0.3) is 0 Å². The maximum atomic E-state index is 12.4. The van der Waals surface area contributed by atoms with Crippen molar-refractivity contribution in [2.45, 2.75) is 45.6 Å². The molecule has 0 aromatic carbocycles. The molecule has 2 N–H and O–H groups in total. The van der Waals surface area contributed by atoms with Gasteiger partial charge in [-0.25, -0.2) is 4.79 Å². The molecule has 2 aromatic rings. The Bertz CT molecular complexity index is 774. The second-order valence-corrected chi connectivity index (χ2v) is 7.93. The zero-order valence-corrected chi connectivity index (χ0v) is 16.0. The molecule has 2 amide bonds. The molecule has 8 nitrogen and oxygen atoms in total.